The number of ether oxygens (including phenoxy) is 2. The molecule has 0 saturated carbocycles. The largest absolute Gasteiger partial charge is 0.508 e. The van der Waals surface area contributed by atoms with Crippen LogP contribution >= 0.6 is 11.3 Å². The van der Waals surface area contributed by atoms with Crippen molar-refractivity contribution >= 4 is 39.9 Å². The average molecular weight is 509 g/mol. The highest BCUT2D eigenvalue weighted by molar-refractivity contribution is 7.17. The Morgan fingerprint density at radius 2 is 1.83 bits per heavy atom. The van der Waals surface area contributed by atoms with E-state index in [2.05, 4.69) is 4.98 Å². The highest BCUT2D eigenvalue weighted by atomic mass is 32.1. The molecule has 0 spiro atoms. The van der Waals surface area contributed by atoms with Crippen LogP contribution in [0, 0.1) is 13.8 Å². The van der Waals surface area contributed by atoms with Crippen LogP contribution in [0.4, 0.5) is 5.13 Å². The van der Waals surface area contributed by atoms with Crippen LogP contribution in [0.15, 0.2) is 48.0 Å². The predicted octanol–water partition coefficient (Wildman–Crippen LogP) is 4.28. The number of aromatic nitrogens is 1. The minimum Gasteiger partial charge on any atom is -0.508 e. The van der Waals surface area contributed by atoms with Crippen LogP contribution in [0.25, 0.3) is 5.76 Å². The van der Waals surface area contributed by atoms with Gasteiger partial charge >= 0.3 is 11.9 Å². The van der Waals surface area contributed by atoms with Crippen LogP contribution in [0.5, 0.6) is 11.5 Å². The van der Waals surface area contributed by atoms with E-state index in [4.69, 9.17) is 9.47 Å². The standard InChI is InChI=1S/C26H24N2O7S/c1-5-35-25(33)23-14(3)27-26(36-23)28-20(15-6-8-16(29)9-7-15)19(22(31)24(28)32)21(30)18-11-10-17(34-4)12-13(18)2/h6-12,20,29-30H,5H2,1-4H3/b21-19+/t20-/m0/s1. The molecule has 0 unspecified atom stereocenters. The number of carbonyl (C=O) groups is 3. The van der Waals surface area contributed by atoms with Crippen molar-refractivity contribution in [1.29, 1.82) is 0 Å². The molecule has 9 nitrogen and oxygen atoms in total. The zero-order chi connectivity index (χ0) is 26.1. The number of thiazole rings is 1. The Bertz CT molecular complexity index is 1390. The second-order valence-electron chi connectivity index (χ2n) is 8.07. The van der Waals surface area contributed by atoms with Gasteiger partial charge in [0.25, 0.3) is 5.78 Å². The van der Waals surface area contributed by atoms with Crippen molar-refractivity contribution < 1.29 is 34.1 Å². The summed E-state index contributed by atoms with van der Waals surface area (Å²) in [6.07, 6.45) is 0. The molecule has 3 aromatic rings. The zero-order valence-electron chi connectivity index (χ0n) is 20.1. The van der Waals surface area contributed by atoms with Gasteiger partial charge in [0.2, 0.25) is 0 Å². The summed E-state index contributed by atoms with van der Waals surface area (Å²) >= 11 is 0.927. The van der Waals surface area contributed by atoms with Gasteiger partial charge < -0.3 is 19.7 Å². The van der Waals surface area contributed by atoms with Gasteiger partial charge in [0.15, 0.2) is 5.13 Å². The van der Waals surface area contributed by atoms with Crippen LogP contribution < -0.4 is 9.64 Å². The second-order valence-corrected chi connectivity index (χ2v) is 9.05. The highest BCUT2D eigenvalue weighted by Gasteiger charge is 2.48. The number of anilines is 1. The Morgan fingerprint density at radius 1 is 1.14 bits per heavy atom. The quantitative estimate of drug-likeness (QED) is 0.219. The Kier molecular flexibility index (Phi) is 6.80. The maximum Gasteiger partial charge on any atom is 0.350 e. The molecule has 2 N–H and O–H groups in total. The molecule has 0 radical (unpaired) electrons. The van der Waals surface area contributed by atoms with Crippen molar-refractivity contribution in [1.82, 2.24) is 4.98 Å². The molecule has 1 aliphatic rings. The first-order chi connectivity index (χ1) is 17.2. The third-order valence-corrected chi connectivity index (χ3v) is 6.93. The number of hydrogen-bond acceptors (Lipinski definition) is 9. The highest BCUT2D eigenvalue weighted by Crippen LogP contribution is 2.44. The van der Waals surface area contributed by atoms with E-state index >= 15 is 0 Å². The maximum atomic E-state index is 13.3. The van der Waals surface area contributed by atoms with Gasteiger partial charge in [-0.25, -0.2) is 9.78 Å². The molecule has 1 amide bonds. The number of Topliss-reactive ketones (excluding diaryl/α,β-unsaturated/α-hetero) is 1. The minimum absolute atomic E-state index is 0.00334. The Labute approximate surface area is 211 Å². The van der Waals surface area contributed by atoms with Crippen LogP contribution in [0.3, 0.4) is 0 Å². The van der Waals surface area contributed by atoms with Crippen molar-refractivity contribution in [2.24, 2.45) is 0 Å². The van der Waals surface area contributed by atoms with E-state index in [0.29, 0.717) is 28.1 Å². The number of phenolic OH excluding ortho intramolecular Hbond substituents is 1. The van der Waals surface area contributed by atoms with Gasteiger partial charge in [-0.3, -0.25) is 14.5 Å². The van der Waals surface area contributed by atoms with Crippen molar-refractivity contribution in [3.05, 3.63) is 75.3 Å². The normalized spacial score (nSPS) is 16.9. The van der Waals surface area contributed by atoms with Gasteiger partial charge in [0, 0.05) is 5.56 Å². The molecular formula is C26H24N2O7S. The minimum atomic E-state index is -1.05. The molecular weight excluding hydrogens is 484 g/mol. The number of aliphatic hydroxyl groups excluding tert-OH is 1. The smallest absolute Gasteiger partial charge is 0.350 e. The first-order valence-corrected chi connectivity index (χ1v) is 11.9. The van der Waals surface area contributed by atoms with Gasteiger partial charge in [0.05, 0.1) is 31.0 Å². The van der Waals surface area contributed by atoms with E-state index < -0.39 is 23.7 Å². The zero-order valence-corrected chi connectivity index (χ0v) is 20.9. The number of carbonyl (C=O) groups excluding carboxylic acids is 3. The van der Waals surface area contributed by atoms with Crippen molar-refractivity contribution in [2.75, 3.05) is 18.6 Å². The lowest BCUT2D eigenvalue weighted by Gasteiger charge is -2.23. The van der Waals surface area contributed by atoms with E-state index in [1.165, 1.54) is 24.1 Å². The summed E-state index contributed by atoms with van der Waals surface area (Å²) < 4.78 is 10.3. The monoisotopic (exact) mass is 508 g/mol. The lowest BCUT2D eigenvalue weighted by Crippen LogP contribution is -2.29. The van der Waals surface area contributed by atoms with Crippen LogP contribution in [-0.4, -0.2) is 46.6 Å². The van der Waals surface area contributed by atoms with Gasteiger partial charge in [0.1, 0.15) is 22.1 Å². The molecule has 1 aromatic heterocycles. The molecule has 2 heterocycles. The fraction of sp³-hybridized carbons (Fsp3) is 0.231. The number of methoxy groups -OCH3 is 1. The SMILES string of the molecule is CCOC(=O)c1sc(N2C(=O)C(=O)/C(=C(/O)c3ccc(OC)cc3C)[C@@H]2c2ccc(O)cc2)nc1C. The fourth-order valence-corrected chi connectivity index (χ4v) is 5.03. The number of ketones is 1. The van der Waals surface area contributed by atoms with Crippen LogP contribution in [0.2, 0.25) is 0 Å². The molecule has 36 heavy (non-hydrogen) atoms. The van der Waals surface area contributed by atoms with Gasteiger partial charge in [-0.05, 0) is 62.2 Å². The number of nitrogens with zero attached hydrogens (tertiary/aromatic N) is 2. The number of rotatable bonds is 6. The Balaban J connectivity index is 1.92. The number of phenols is 1. The number of benzene rings is 2. The molecule has 2 aromatic carbocycles. The third kappa shape index (κ3) is 4.31. The predicted molar refractivity (Wildman–Crippen MR) is 133 cm³/mol. The summed E-state index contributed by atoms with van der Waals surface area (Å²) in [7, 11) is 1.52. The van der Waals surface area contributed by atoms with E-state index in [0.717, 1.165) is 11.3 Å². The number of esters is 1. The summed E-state index contributed by atoms with van der Waals surface area (Å²) in [4.78, 5) is 44.8. The molecule has 1 atom stereocenters. The van der Waals surface area contributed by atoms with Gasteiger partial charge in [-0.1, -0.05) is 23.5 Å². The Hall–Kier alpha value is -4.18. The lowest BCUT2D eigenvalue weighted by atomic mass is 9.94. The van der Waals surface area contributed by atoms with E-state index in [9.17, 15) is 24.6 Å². The van der Waals surface area contributed by atoms with Crippen LogP contribution in [-0.2, 0) is 14.3 Å². The molecule has 1 fully saturated rings. The topological polar surface area (TPSA) is 126 Å². The number of aryl methyl sites for hydroxylation is 2. The molecule has 10 heteroatoms. The van der Waals surface area contributed by atoms with Crippen molar-refractivity contribution in [2.45, 2.75) is 26.8 Å². The maximum absolute atomic E-state index is 13.3. The van der Waals surface area contributed by atoms with Gasteiger partial charge in [-0.2, -0.15) is 0 Å². The summed E-state index contributed by atoms with van der Waals surface area (Å²) in [5, 5.41) is 21.2. The molecule has 1 saturated heterocycles. The number of aliphatic hydroxyl groups is 1. The molecule has 0 bridgehead atoms. The van der Waals surface area contributed by atoms with E-state index in [-0.39, 0.29) is 33.7 Å². The first-order valence-electron chi connectivity index (χ1n) is 11.1. The second kappa shape index (κ2) is 9.82. The molecule has 0 aliphatic carbocycles. The molecule has 4 rings (SSSR count). The molecule has 186 valence electrons. The number of hydrogen-bond donors (Lipinski definition) is 2. The summed E-state index contributed by atoms with van der Waals surface area (Å²) in [6, 6.07) is 9.86. The number of aromatic hydroxyl groups is 1. The Morgan fingerprint density at radius 3 is 2.44 bits per heavy atom. The fourth-order valence-electron chi connectivity index (χ4n) is 4.05. The lowest BCUT2D eigenvalue weighted by molar-refractivity contribution is -0.132. The van der Waals surface area contributed by atoms with E-state index in [1.54, 1.807) is 51.1 Å². The number of amides is 1. The summed E-state index contributed by atoms with van der Waals surface area (Å²) in [5.41, 5.74) is 1.68. The van der Waals surface area contributed by atoms with Crippen molar-refractivity contribution in [3.8, 4) is 11.5 Å². The van der Waals surface area contributed by atoms with Gasteiger partial charge in [-0.15, -0.1) is 0 Å². The summed E-state index contributed by atoms with van der Waals surface area (Å²) in [6.45, 7) is 5.21. The third-order valence-electron chi connectivity index (χ3n) is 5.79. The van der Waals surface area contributed by atoms with E-state index in [1.807, 2.05) is 0 Å². The van der Waals surface area contributed by atoms with Crippen LogP contribution in [0.1, 0.15) is 45.0 Å². The summed E-state index contributed by atoms with van der Waals surface area (Å²) in [5.74, 6) is -2.16. The molecule has 1 aliphatic heterocycles. The average Bonchev–Trinajstić information content (AvgIpc) is 3.36. The first kappa shape index (κ1) is 24.9. The van der Waals surface area contributed by atoms with Crippen molar-refractivity contribution in [3.63, 3.8) is 0 Å².